The van der Waals surface area contributed by atoms with Crippen molar-refractivity contribution in [2.24, 2.45) is 5.92 Å². The molecule has 1 aliphatic carbocycles. The number of carbonyl (C=O) groups is 2. The van der Waals surface area contributed by atoms with Gasteiger partial charge in [0.25, 0.3) is 5.88 Å². The Labute approximate surface area is 455 Å². The zero-order chi connectivity index (χ0) is 54.0. The molecule has 0 spiro atoms. The van der Waals surface area contributed by atoms with Crippen molar-refractivity contribution < 1.29 is 38.5 Å². The van der Waals surface area contributed by atoms with Gasteiger partial charge in [-0.05, 0) is 91.2 Å². The topological polar surface area (TPSA) is 241 Å². The predicted octanol–water partition coefficient (Wildman–Crippen LogP) is 7.50. The molecule has 11 rings (SSSR count). The molecule has 6 atom stereocenters. The fourth-order valence-corrected chi connectivity index (χ4v) is 11.9. The summed E-state index contributed by atoms with van der Waals surface area (Å²) < 4.78 is 24.0. The number of fused-ring (bicyclic) bond motifs is 2. The van der Waals surface area contributed by atoms with Crippen molar-refractivity contribution in [3.05, 3.63) is 126 Å². The molecule has 3 unspecified atom stereocenters. The molecule has 3 aliphatic heterocycles. The Kier molecular flexibility index (Phi) is 14.9. The second-order valence-electron chi connectivity index (χ2n) is 20.8. The summed E-state index contributed by atoms with van der Waals surface area (Å²) in [4.78, 5) is 48.6. The van der Waals surface area contributed by atoms with Gasteiger partial charge in [0.2, 0.25) is 17.7 Å². The number of piperazine rings is 1. The number of nitrogens with zero attached hydrogens (tertiary/aromatic N) is 9. The first-order valence-electron chi connectivity index (χ1n) is 26.4. The van der Waals surface area contributed by atoms with E-state index in [0.29, 0.717) is 53.0 Å². The summed E-state index contributed by atoms with van der Waals surface area (Å²) >= 11 is 1.58. The van der Waals surface area contributed by atoms with E-state index in [9.17, 15) is 19.8 Å². The lowest BCUT2D eigenvalue weighted by molar-refractivity contribution is -0.141. The van der Waals surface area contributed by atoms with Gasteiger partial charge in [-0.3, -0.25) is 9.59 Å². The summed E-state index contributed by atoms with van der Waals surface area (Å²) in [6, 6.07) is 25.6. The number of anilines is 3. The van der Waals surface area contributed by atoms with Gasteiger partial charge in [-0.25, -0.2) is 15.0 Å². The minimum absolute atomic E-state index is 0.0129. The van der Waals surface area contributed by atoms with Crippen molar-refractivity contribution in [3.8, 4) is 56.8 Å². The third-order valence-electron chi connectivity index (χ3n) is 15.1. The number of phenolic OH excluding ortho intramolecular Hbond substituents is 1. The number of benzene rings is 2. The molecule has 402 valence electrons. The highest BCUT2D eigenvalue weighted by atomic mass is 32.1. The van der Waals surface area contributed by atoms with E-state index >= 15 is 0 Å². The first kappa shape index (κ1) is 51.8. The van der Waals surface area contributed by atoms with Crippen molar-refractivity contribution in [3.63, 3.8) is 0 Å². The number of phenols is 1. The van der Waals surface area contributed by atoms with E-state index < -0.39 is 18.1 Å². The lowest BCUT2D eigenvalue weighted by Crippen LogP contribution is -2.54. The predicted molar refractivity (Wildman–Crippen MR) is 293 cm³/mol. The highest BCUT2D eigenvalue weighted by Gasteiger charge is 2.44. The largest absolute Gasteiger partial charge is 0.507 e. The number of hydrogen-bond donors (Lipinski definition) is 4. The Morgan fingerprint density at radius 3 is 2.41 bits per heavy atom. The fourth-order valence-electron chi connectivity index (χ4n) is 11.0. The number of amides is 2. The Morgan fingerprint density at radius 2 is 1.68 bits per heavy atom. The van der Waals surface area contributed by atoms with Crippen LogP contribution < -0.4 is 35.1 Å². The average Bonchev–Trinajstić information content (AvgIpc) is 4.28. The summed E-state index contributed by atoms with van der Waals surface area (Å²) in [6.07, 6.45) is 6.18. The number of carbonyl (C=O) groups excluding carboxylic acids is 2. The molecule has 2 amide bonds. The number of ether oxygens (including phenoxy) is 3. The lowest BCUT2D eigenvalue weighted by Gasteiger charge is -2.43. The van der Waals surface area contributed by atoms with Crippen LogP contribution in [0.5, 0.6) is 23.3 Å². The van der Waals surface area contributed by atoms with Gasteiger partial charge in [-0.15, -0.1) is 21.5 Å². The number of pyridine rings is 2. The summed E-state index contributed by atoms with van der Waals surface area (Å²) in [5.74, 6) is 6.46. The van der Waals surface area contributed by atoms with Gasteiger partial charge in [0.1, 0.15) is 41.4 Å². The number of aliphatic hydroxyl groups excluding tert-OH is 1. The maximum Gasteiger partial charge on any atom is 0.255 e. The van der Waals surface area contributed by atoms with E-state index in [0.717, 1.165) is 59.0 Å². The second kappa shape index (κ2) is 22.4. The van der Waals surface area contributed by atoms with Crippen LogP contribution in [0.1, 0.15) is 87.5 Å². The average molecular weight is 1070 g/mol. The van der Waals surface area contributed by atoms with Gasteiger partial charge in [0, 0.05) is 80.6 Å². The monoisotopic (exact) mass is 1070 g/mol. The molecule has 2 bridgehead atoms. The SMILES string of the molecule is Cc1ncsc1-c1ccc([C@H](C)NC(=O)[C@@H]2C[C@@H](O)CN2C(=O)C(c2cc(OCC#Cc3ccc(O[C@H]4C[C@H](Oc5cc(N6C7CCC6CN(c6cc(-c8ccccc8O)nnc6N)C7)ccn5)C4)cn3)no2)C(C)C)cc1. The van der Waals surface area contributed by atoms with E-state index in [4.69, 9.17) is 24.5 Å². The zero-order valence-electron chi connectivity index (χ0n) is 43.7. The van der Waals surface area contributed by atoms with E-state index in [1.54, 1.807) is 41.8 Å². The Balaban J connectivity index is 0.627. The first-order chi connectivity index (χ1) is 37.8. The van der Waals surface area contributed by atoms with E-state index in [-0.39, 0.29) is 79.3 Å². The standard InChI is InChI=1S/C58H61N11O8S/c1-33(2)54(58(73)68-31-42(70)23-49(68)57(72)63-34(3)36-11-13-37(14-12-36)55-35(4)62-32-78-55)51-27-53(66-77-51)74-21-7-8-38-15-18-43(28-61-38)75-44-24-45(25-44)76-52-22-39(19-20-60-52)69-40-16-17-41(69)30-67(29-40)48-26-47(64-65-56(48)59)46-9-5-6-10-50(46)71/h5-6,9-15,18-20,22,26-28,32-34,40-42,44-45,49,54,70-71H,16-17,21,23-25,29-31H2,1-4H3,(H2,59,65)(H,63,72)/t34-,40?,41?,42+,44-,45-,49-,54?/m0/s1. The molecule has 7 aromatic rings. The number of hydrogen-bond acceptors (Lipinski definition) is 18. The summed E-state index contributed by atoms with van der Waals surface area (Å²) in [7, 11) is 0. The molecule has 78 heavy (non-hydrogen) atoms. The molecule has 4 aliphatic rings. The van der Waals surface area contributed by atoms with Crippen LogP contribution in [0.25, 0.3) is 21.7 Å². The van der Waals surface area contributed by atoms with Crippen LogP contribution in [0, 0.1) is 24.7 Å². The Bertz CT molecular complexity index is 3320. The van der Waals surface area contributed by atoms with Gasteiger partial charge < -0.3 is 54.7 Å². The van der Waals surface area contributed by atoms with Crippen LogP contribution in [-0.2, 0) is 9.59 Å². The van der Waals surface area contributed by atoms with Crippen LogP contribution >= 0.6 is 11.3 Å². The van der Waals surface area contributed by atoms with E-state index in [1.165, 1.54) is 4.90 Å². The third kappa shape index (κ3) is 11.1. The summed E-state index contributed by atoms with van der Waals surface area (Å²) in [5.41, 5.74) is 14.8. The van der Waals surface area contributed by atoms with Crippen LogP contribution in [0.2, 0.25) is 0 Å². The quantitative estimate of drug-likeness (QED) is 0.0685. The van der Waals surface area contributed by atoms with Gasteiger partial charge in [-0.1, -0.05) is 56.2 Å². The molecule has 3 saturated heterocycles. The highest BCUT2D eigenvalue weighted by molar-refractivity contribution is 7.13. The normalized spacial score (nSPS) is 21.3. The highest BCUT2D eigenvalue weighted by Crippen LogP contribution is 2.41. The smallest absolute Gasteiger partial charge is 0.255 e. The molecular formula is C58H61N11O8S. The number of aryl methyl sites for hydroxylation is 1. The van der Waals surface area contributed by atoms with Gasteiger partial charge in [0.05, 0.1) is 45.8 Å². The first-order valence-corrected chi connectivity index (χ1v) is 27.3. The molecule has 4 fully saturated rings. The number of likely N-dealkylation sites (tertiary alicyclic amines) is 1. The Morgan fingerprint density at radius 1 is 0.897 bits per heavy atom. The second-order valence-corrected chi connectivity index (χ2v) is 21.6. The summed E-state index contributed by atoms with van der Waals surface area (Å²) in [6.45, 7) is 9.20. The number of nitrogen functional groups attached to an aromatic ring is 1. The molecule has 8 heterocycles. The number of para-hydroxylation sites is 1. The van der Waals surface area contributed by atoms with Crippen LogP contribution in [0.4, 0.5) is 17.2 Å². The molecule has 1 saturated carbocycles. The number of aliphatic hydroxyl groups is 1. The van der Waals surface area contributed by atoms with Crippen LogP contribution in [-0.4, -0.2) is 120 Å². The maximum absolute atomic E-state index is 14.2. The molecule has 2 aromatic carbocycles. The van der Waals surface area contributed by atoms with Crippen molar-refractivity contribution in [2.75, 3.05) is 41.8 Å². The molecule has 20 heteroatoms. The number of rotatable bonds is 16. The van der Waals surface area contributed by atoms with Crippen LogP contribution in [0.15, 0.2) is 107 Å². The number of β-amino-alcohol motifs (C(OH)–C–C–N with tert-alkyl or cyclic N) is 1. The zero-order valence-corrected chi connectivity index (χ0v) is 44.5. The number of nitrogens with two attached hydrogens (primary N) is 1. The minimum Gasteiger partial charge on any atom is -0.507 e. The third-order valence-corrected chi connectivity index (χ3v) is 16.1. The molecular weight excluding hydrogens is 1010 g/mol. The number of aromatic nitrogens is 6. The van der Waals surface area contributed by atoms with Crippen molar-refractivity contribution in [1.82, 2.24) is 40.5 Å². The Hall–Kier alpha value is -8.28. The fraction of sp³-hybridized carbons (Fsp3) is 0.379. The van der Waals surface area contributed by atoms with Crippen molar-refractivity contribution in [2.45, 2.75) is 108 Å². The van der Waals surface area contributed by atoms with E-state index in [1.807, 2.05) is 100 Å². The van der Waals surface area contributed by atoms with Crippen LogP contribution in [0.3, 0.4) is 0 Å². The van der Waals surface area contributed by atoms with Crippen molar-refractivity contribution in [1.29, 1.82) is 0 Å². The molecule has 5 aromatic heterocycles. The van der Waals surface area contributed by atoms with Gasteiger partial charge in [0.15, 0.2) is 18.2 Å². The minimum atomic E-state index is -0.860. The molecule has 0 radical (unpaired) electrons. The molecule has 5 N–H and O–H groups in total. The lowest BCUT2D eigenvalue weighted by atomic mass is 9.91. The van der Waals surface area contributed by atoms with Gasteiger partial charge >= 0.3 is 0 Å². The summed E-state index contributed by atoms with van der Waals surface area (Å²) in [5, 5.41) is 36.8. The maximum atomic E-state index is 14.2. The van der Waals surface area contributed by atoms with Gasteiger partial charge in [-0.2, -0.15) is 0 Å². The van der Waals surface area contributed by atoms with E-state index in [2.05, 4.69) is 57.3 Å². The van der Waals surface area contributed by atoms with Crippen molar-refractivity contribution >= 4 is 40.3 Å². The number of aromatic hydroxyl groups is 1. The number of nitrogens with one attached hydrogen (secondary N) is 1. The number of thiazole rings is 1. The molecule has 19 nitrogen and oxygen atoms in total.